The van der Waals surface area contributed by atoms with Crippen molar-refractivity contribution in [1.29, 1.82) is 0 Å². The van der Waals surface area contributed by atoms with Crippen molar-refractivity contribution in [3.8, 4) is 0 Å². The van der Waals surface area contributed by atoms with Crippen LogP contribution in [0.2, 0.25) is 0 Å². The normalized spacial score (nSPS) is 11.7. The maximum Gasteiger partial charge on any atom is 1.00 e. The fraction of sp³-hybridized carbons (Fsp3) is 0.889. The van der Waals surface area contributed by atoms with Crippen molar-refractivity contribution in [1.82, 2.24) is 5.32 Å². The Morgan fingerprint density at radius 3 is 1.92 bits per heavy atom. The topological polar surface area (TPSA) is 89.5 Å². The Balaban J connectivity index is 0. The molecular formula is C18H34NNaO4. The van der Waals surface area contributed by atoms with E-state index in [1.165, 1.54) is 51.4 Å². The molecule has 5 nitrogen and oxygen atoms in total. The van der Waals surface area contributed by atoms with Crippen LogP contribution in [0.25, 0.3) is 0 Å². The Kier molecular flexibility index (Phi) is 20.9. The van der Waals surface area contributed by atoms with Gasteiger partial charge in [-0.25, -0.2) is 0 Å². The quantitative estimate of drug-likeness (QED) is 0.278. The van der Waals surface area contributed by atoms with Gasteiger partial charge in [-0.3, -0.25) is 4.79 Å². The zero-order valence-electron chi connectivity index (χ0n) is 15.6. The van der Waals surface area contributed by atoms with Gasteiger partial charge in [0.05, 0.1) is 5.92 Å². The van der Waals surface area contributed by atoms with Crippen LogP contribution in [0, 0.1) is 5.92 Å². The molecule has 24 heavy (non-hydrogen) atoms. The summed E-state index contributed by atoms with van der Waals surface area (Å²) < 4.78 is 0. The minimum atomic E-state index is -1.11. The number of aliphatic carboxylic acids is 2. The SMILES string of the molecule is CCCCCCCCCCCCC(CNCCC(=O)[O-])C(=O)O.[Na+]. The van der Waals surface area contributed by atoms with Gasteiger partial charge in [0.1, 0.15) is 0 Å². The van der Waals surface area contributed by atoms with Gasteiger partial charge in [-0.1, -0.05) is 71.1 Å². The number of carbonyl (C=O) groups excluding carboxylic acids is 1. The van der Waals surface area contributed by atoms with Crippen LogP contribution >= 0.6 is 0 Å². The molecule has 0 radical (unpaired) electrons. The third-order valence-electron chi connectivity index (χ3n) is 4.15. The average molecular weight is 351 g/mol. The van der Waals surface area contributed by atoms with Crippen LogP contribution in [-0.4, -0.2) is 30.1 Å². The smallest absolute Gasteiger partial charge is 0.550 e. The number of hydrogen-bond acceptors (Lipinski definition) is 4. The maximum absolute atomic E-state index is 11.2. The average Bonchev–Trinajstić information content (AvgIpc) is 2.50. The second-order valence-electron chi connectivity index (χ2n) is 6.33. The van der Waals surface area contributed by atoms with E-state index >= 15 is 0 Å². The van der Waals surface area contributed by atoms with Crippen molar-refractivity contribution in [2.24, 2.45) is 5.92 Å². The van der Waals surface area contributed by atoms with Crippen LogP contribution in [0.5, 0.6) is 0 Å². The van der Waals surface area contributed by atoms with Gasteiger partial charge in [-0.2, -0.15) is 0 Å². The van der Waals surface area contributed by atoms with Crippen LogP contribution in [0.4, 0.5) is 0 Å². The second kappa shape index (κ2) is 19.2. The number of hydrogen-bond donors (Lipinski definition) is 2. The van der Waals surface area contributed by atoms with Gasteiger partial charge in [0.15, 0.2) is 0 Å². The van der Waals surface area contributed by atoms with Crippen molar-refractivity contribution in [2.45, 2.75) is 84.0 Å². The third kappa shape index (κ3) is 18.2. The fourth-order valence-electron chi connectivity index (χ4n) is 2.66. The molecule has 6 heteroatoms. The van der Waals surface area contributed by atoms with E-state index in [4.69, 9.17) is 5.11 Å². The molecule has 1 atom stereocenters. The predicted molar refractivity (Wildman–Crippen MR) is 90.1 cm³/mol. The Morgan fingerprint density at radius 1 is 0.958 bits per heavy atom. The minimum absolute atomic E-state index is 0. The van der Waals surface area contributed by atoms with Crippen LogP contribution in [0.3, 0.4) is 0 Å². The zero-order valence-corrected chi connectivity index (χ0v) is 17.6. The van der Waals surface area contributed by atoms with E-state index in [9.17, 15) is 14.7 Å². The summed E-state index contributed by atoms with van der Waals surface area (Å²) >= 11 is 0. The molecule has 0 bridgehead atoms. The van der Waals surface area contributed by atoms with Crippen molar-refractivity contribution in [2.75, 3.05) is 13.1 Å². The monoisotopic (exact) mass is 351 g/mol. The zero-order chi connectivity index (χ0) is 17.3. The van der Waals surface area contributed by atoms with Gasteiger partial charge in [0.2, 0.25) is 0 Å². The van der Waals surface area contributed by atoms with E-state index in [1.807, 2.05) is 0 Å². The Morgan fingerprint density at radius 2 is 1.46 bits per heavy atom. The van der Waals surface area contributed by atoms with Crippen molar-refractivity contribution in [3.63, 3.8) is 0 Å². The van der Waals surface area contributed by atoms with Crippen LogP contribution in [0.15, 0.2) is 0 Å². The molecule has 0 aromatic heterocycles. The molecule has 0 aromatic rings. The van der Waals surface area contributed by atoms with E-state index in [-0.39, 0.29) is 42.5 Å². The summed E-state index contributed by atoms with van der Waals surface area (Å²) in [4.78, 5) is 21.4. The van der Waals surface area contributed by atoms with Crippen LogP contribution in [0.1, 0.15) is 84.0 Å². The molecule has 0 aliphatic rings. The van der Waals surface area contributed by atoms with E-state index in [0.717, 1.165) is 12.8 Å². The summed E-state index contributed by atoms with van der Waals surface area (Å²) in [6.45, 7) is 2.83. The van der Waals surface area contributed by atoms with Gasteiger partial charge < -0.3 is 20.3 Å². The first-order valence-corrected chi connectivity index (χ1v) is 9.21. The molecule has 0 amide bonds. The van der Waals surface area contributed by atoms with Gasteiger partial charge in [0.25, 0.3) is 0 Å². The van der Waals surface area contributed by atoms with Gasteiger partial charge >= 0.3 is 35.5 Å². The molecule has 0 saturated heterocycles. The number of carbonyl (C=O) groups is 2. The Labute approximate surface area is 169 Å². The molecule has 0 fully saturated rings. The number of unbranched alkanes of at least 4 members (excludes halogenated alkanes) is 9. The number of nitrogens with one attached hydrogen (secondary N) is 1. The van der Waals surface area contributed by atoms with Gasteiger partial charge in [0, 0.05) is 19.1 Å². The molecule has 0 aliphatic heterocycles. The molecule has 2 N–H and O–H groups in total. The Hall–Kier alpha value is -0.100. The Bertz CT molecular complexity index is 313. The summed E-state index contributed by atoms with van der Waals surface area (Å²) in [6.07, 6.45) is 12.9. The van der Waals surface area contributed by atoms with Gasteiger partial charge in [-0.05, 0) is 12.8 Å². The molecule has 0 aromatic carbocycles. The number of carboxylic acid groups (broad SMARTS) is 2. The molecule has 0 spiro atoms. The predicted octanol–water partition coefficient (Wildman–Crippen LogP) is -0.268. The molecule has 0 aliphatic carbocycles. The molecule has 0 heterocycles. The van der Waals surface area contributed by atoms with Crippen LogP contribution < -0.4 is 40.0 Å². The summed E-state index contributed by atoms with van der Waals surface area (Å²) in [5.41, 5.74) is 0. The first kappa shape index (κ1) is 26.1. The number of rotatable bonds is 17. The summed E-state index contributed by atoms with van der Waals surface area (Å²) in [5, 5.41) is 22.3. The first-order valence-electron chi connectivity index (χ1n) is 9.21. The molecule has 1 unspecified atom stereocenters. The molecule has 0 rings (SSSR count). The van der Waals surface area contributed by atoms with Crippen molar-refractivity contribution >= 4 is 11.9 Å². The van der Waals surface area contributed by atoms with Gasteiger partial charge in [-0.15, -0.1) is 0 Å². The largest absolute Gasteiger partial charge is 1.00 e. The fourth-order valence-corrected chi connectivity index (χ4v) is 2.66. The molecule has 136 valence electrons. The molecule has 0 saturated carbocycles. The van der Waals surface area contributed by atoms with E-state index in [0.29, 0.717) is 13.0 Å². The first-order chi connectivity index (χ1) is 11.1. The maximum atomic E-state index is 11.2. The van der Waals surface area contributed by atoms with E-state index < -0.39 is 17.9 Å². The standard InChI is InChI=1S/C18H35NO4.Na/c1-2-3-4-5-6-7-8-9-10-11-12-16(18(22)23)15-19-14-13-17(20)21;/h16,19H,2-15H2,1H3,(H,20,21)(H,22,23);/q;+1/p-1. The third-order valence-corrected chi connectivity index (χ3v) is 4.15. The second-order valence-corrected chi connectivity index (χ2v) is 6.33. The minimum Gasteiger partial charge on any atom is -0.550 e. The van der Waals surface area contributed by atoms with Crippen LogP contribution in [-0.2, 0) is 9.59 Å². The number of carboxylic acids is 2. The van der Waals surface area contributed by atoms with E-state index in [2.05, 4.69) is 12.2 Å². The van der Waals surface area contributed by atoms with Crippen molar-refractivity contribution < 1.29 is 49.4 Å². The summed E-state index contributed by atoms with van der Waals surface area (Å²) in [6, 6.07) is 0. The van der Waals surface area contributed by atoms with Crippen molar-refractivity contribution in [3.05, 3.63) is 0 Å². The summed E-state index contributed by atoms with van der Waals surface area (Å²) in [5.74, 6) is -2.34. The summed E-state index contributed by atoms with van der Waals surface area (Å²) in [7, 11) is 0. The van der Waals surface area contributed by atoms with E-state index in [1.54, 1.807) is 0 Å². The molecular weight excluding hydrogens is 317 g/mol.